The Bertz CT molecular complexity index is 1520. The molecule has 4 aromatic rings. The summed E-state index contributed by atoms with van der Waals surface area (Å²) in [6, 6.07) is 12.2. The van der Waals surface area contributed by atoms with Crippen molar-refractivity contribution in [2.45, 2.75) is 18.8 Å². The van der Waals surface area contributed by atoms with Gasteiger partial charge in [0.25, 0.3) is 0 Å². The first-order valence-corrected chi connectivity index (χ1v) is 11.6. The maximum Gasteiger partial charge on any atom is 0.416 e. The SMILES string of the molecule is O=C(O)c1cc(-c2ccc(C(F)(F)F)cc2)cc(Cc2cc(-c3ccc(C(F)(F)F)cc3)cc(C(=O)O)c2O)c1O. The molecule has 4 aromatic carbocycles. The predicted molar refractivity (Wildman–Crippen MR) is 134 cm³/mol. The molecule has 0 saturated heterocycles. The zero-order valence-electron chi connectivity index (χ0n) is 20.5. The van der Waals surface area contributed by atoms with Crippen LogP contribution in [-0.2, 0) is 18.8 Å². The molecule has 212 valence electrons. The summed E-state index contributed by atoms with van der Waals surface area (Å²) in [7, 11) is 0. The van der Waals surface area contributed by atoms with Gasteiger partial charge < -0.3 is 20.4 Å². The fourth-order valence-corrected chi connectivity index (χ4v) is 4.23. The smallest absolute Gasteiger partial charge is 0.416 e. The number of rotatable bonds is 6. The summed E-state index contributed by atoms with van der Waals surface area (Å²) >= 11 is 0. The van der Waals surface area contributed by atoms with E-state index >= 15 is 0 Å². The third-order valence-corrected chi connectivity index (χ3v) is 6.31. The van der Waals surface area contributed by atoms with Crippen molar-refractivity contribution in [2.75, 3.05) is 0 Å². The molecule has 0 saturated carbocycles. The second-order valence-electron chi connectivity index (χ2n) is 9.00. The number of aromatic hydroxyl groups is 2. The third kappa shape index (κ3) is 6.11. The quantitative estimate of drug-likeness (QED) is 0.177. The van der Waals surface area contributed by atoms with Crippen molar-refractivity contribution >= 4 is 11.9 Å². The van der Waals surface area contributed by atoms with Crippen LogP contribution >= 0.6 is 0 Å². The largest absolute Gasteiger partial charge is 0.507 e. The third-order valence-electron chi connectivity index (χ3n) is 6.31. The van der Waals surface area contributed by atoms with Crippen molar-refractivity contribution in [3.63, 3.8) is 0 Å². The molecule has 41 heavy (non-hydrogen) atoms. The number of hydrogen-bond acceptors (Lipinski definition) is 4. The first-order valence-electron chi connectivity index (χ1n) is 11.6. The molecule has 4 N–H and O–H groups in total. The van der Waals surface area contributed by atoms with Crippen LogP contribution in [-0.4, -0.2) is 32.4 Å². The summed E-state index contributed by atoms with van der Waals surface area (Å²) in [5.74, 6) is -4.59. The number of phenols is 2. The Morgan fingerprint density at radius 2 is 0.854 bits per heavy atom. The summed E-state index contributed by atoms with van der Waals surface area (Å²) in [4.78, 5) is 23.7. The van der Waals surface area contributed by atoms with Crippen LogP contribution in [0.2, 0.25) is 0 Å². The predicted octanol–water partition coefficient (Wildman–Crippen LogP) is 7.46. The number of hydrogen-bond donors (Lipinski definition) is 4. The van der Waals surface area contributed by atoms with E-state index in [4.69, 9.17) is 0 Å². The average molecular weight is 576 g/mol. The number of carboxylic acid groups (broad SMARTS) is 2. The van der Waals surface area contributed by atoms with Gasteiger partial charge in [-0.15, -0.1) is 0 Å². The normalized spacial score (nSPS) is 11.9. The van der Waals surface area contributed by atoms with Crippen molar-refractivity contribution in [3.05, 3.63) is 106 Å². The van der Waals surface area contributed by atoms with Gasteiger partial charge in [0, 0.05) is 6.42 Å². The average Bonchev–Trinajstić information content (AvgIpc) is 2.89. The number of benzene rings is 4. The molecule has 0 spiro atoms. The highest BCUT2D eigenvalue weighted by Gasteiger charge is 2.31. The van der Waals surface area contributed by atoms with Crippen LogP contribution in [0.3, 0.4) is 0 Å². The summed E-state index contributed by atoms with van der Waals surface area (Å²) in [6.07, 6.45) is -9.66. The lowest BCUT2D eigenvalue weighted by Crippen LogP contribution is -2.05. The molecule has 0 aromatic heterocycles. The Morgan fingerprint density at radius 3 is 1.12 bits per heavy atom. The van der Waals surface area contributed by atoms with Crippen LogP contribution in [0.1, 0.15) is 43.0 Å². The number of carboxylic acids is 2. The maximum atomic E-state index is 13.0. The van der Waals surface area contributed by atoms with E-state index in [9.17, 15) is 56.4 Å². The molecule has 12 heteroatoms. The van der Waals surface area contributed by atoms with Gasteiger partial charge in [0.15, 0.2) is 0 Å². The molecule has 0 fully saturated rings. The van der Waals surface area contributed by atoms with Crippen molar-refractivity contribution in [3.8, 4) is 33.8 Å². The van der Waals surface area contributed by atoms with Crippen molar-refractivity contribution in [1.29, 1.82) is 0 Å². The number of halogens is 6. The van der Waals surface area contributed by atoms with Crippen LogP contribution in [0.25, 0.3) is 22.3 Å². The van der Waals surface area contributed by atoms with Crippen LogP contribution in [0.4, 0.5) is 26.3 Å². The van der Waals surface area contributed by atoms with Crippen LogP contribution < -0.4 is 0 Å². The number of alkyl halides is 6. The summed E-state index contributed by atoms with van der Waals surface area (Å²) in [5, 5.41) is 40.6. The van der Waals surface area contributed by atoms with Gasteiger partial charge in [0.2, 0.25) is 0 Å². The van der Waals surface area contributed by atoms with Gasteiger partial charge in [0.1, 0.15) is 22.6 Å². The van der Waals surface area contributed by atoms with Crippen LogP contribution in [0, 0.1) is 0 Å². The molecule has 0 radical (unpaired) electrons. The fourth-order valence-electron chi connectivity index (χ4n) is 4.23. The Morgan fingerprint density at radius 1 is 0.537 bits per heavy atom. The second-order valence-corrected chi connectivity index (χ2v) is 9.00. The van der Waals surface area contributed by atoms with Gasteiger partial charge in [-0.3, -0.25) is 0 Å². The van der Waals surface area contributed by atoms with E-state index in [0.29, 0.717) is 0 Å². The molecule has 0 amide bonds. The first kappa shape index (κ1) is 29.0. The van der Waals surface area contributed by atoms with Gasteiger partial charge in [-0.05, 0) is 81.9 Å². The topological polar surface area (TPSA) is 115 Å². The first-order chi connectivity index (χ1) is 19.1. The van der Waals surface area contributed by atoms with E-state index in [1.807, 2.05) is 0 Å². The standard InChI is InChI=1S/C29H18F6O6/c30-28(31,32)20-5-1-14(2-6-20)16-9-18(24(36)22(12-16)26(38)39)11-19-10-17(13-23(25(19)37)27(40)41)15-3-7-21(8-4-15)29(33,34)35/h1-10,12-13,36-37H,11H2,(H,38,39)(H,40,41). The molecule has 0 aliphatic carbocycles. The molecule has 0 heterocycles. The van der Waals surface area contributed by atoms with Crippen molar-refractivity contribution < 1.29 is 56.4 Å². The minimum absolute atomic E-state index is 0.112. The van der Waals surface area contributed by atoms with E-state index in [1.165, 1.54) is 12.1 Å². The molecular formula is C29H18F6O6. The Kier molecular flexibility index (Phi) is 7.44. The molecule has 0 atom stereocenters. The Balaban J connectivity index is 1.83. The summed E-state index contributed by atoms with van der Waals surface area (Å²) in [6.45, 7) is 0. The molecular weight excluding hydrogens is 558 g/mol. The lowest BCUT2D eigenvalue weighted by molar-refractivity contribution is -0.138. The lowest BCUT2D eigenvalue weighted by Gasteiger charge is -2.15. The maximum absolute atomic E-state index is 13.0. The Hall–Kier alpha value is -5.00. The molecule has 4 rings (SSSR count). The van der Waals surface area contributed by atoms with Crippen LogP contribution in [0.15, 0.2) is 72.8 Å². The van der Waals surface area contributed by atoms with E-state index in [-0.39, 0.29) is 33.4 Å². The lowest BCUT2D eigenvalue weighted by atomic mass is 9.91. The molecule has 6 nitrogen and oxygen atoms in total. The molecule has 0 aliphatic heterocycles. The minimum atomic E-state index is -4.61. The number of carbonyl (C=O) groups is 2. The van der Waals surface area contributed by atoms with E-state index in [1.54, 1.807) is 0 Å². The zero-order chi connectivity index (χ0) is 30.3. The zero-order valence-corrected chi connectivity index (χ0v) is 20.5. The van der Waals surface area contributed by atoms with Gasteiger partial charge in [-0.2, -0.15) is 26.3 Å². The highest BCUT2D eigenvalue weighted by molar-refractivity contribution is 5.94. The van der Waals surface area contributed by atoms with Gasteiger partial charge in [0.05, 0.1) is 11.1 Å². The van der Waals surface area contributed by atoms with E-state index < -0.39 is 64.5 Å². The summed E-state index contributed by atoms with van der Waals surface area (Å²) < 4.78 is 77.9. The highest BCUT2D eigenvalue weighted by Crippen LogP contribution is 2.38. The fraction of sp³-hybridized carbons (Fsp3) is 0.103. The monoisotopic (exact) mass is 576 g/mol. The molecule has 0 bridgehead atoms. The summed E-state index contributed by atoms with van der Waals surface area (Å²) in [5.41, 5.74) is -2.74. The van der Waals surface area contributed by atoms with Crippen LogP contribution in [0.5, 0.6) is 11.5 Å². The van der Waals surface area contributed by atoms with Crippen molar-refractivity contribution in [2.24, 2.45) is 0 Å². The van der Waals surface area contributed by atoms with E-state index in [2.05, 4.69) is 0 Å². The second kappa shape index (κ2) is 10.5. The van der Waals surface area contributed by atoms with E-state index in [0.717, 1.165) is 60.7 Å². The van der Waals surface area contributed by atoms with Gasteiger partial charge in [-0.25, -0.2) is 9.59 Å². The highest BCUT2D eigenvalue weighted by atomic mass is 19.4. The molecule has 0 aliphatic rings. The van der Waals surface area contributed by atoms with Gasteiger partial charge >= 0.3 is 24.3 Å². The number of aromatic carboxylic acids is 2. The minimum Gasteiger partial charge on any atom is -0.507 e. The molecule has 0 unspecified atom stereocenters. The Labute approximate surface area is 227 Å². The van der Waals surface area contributed by atoms with Crippen molar-refractivity contribution in [1.82, 2.24) is 0 Å². The van der Waals surface area contributed by atoms with Gasteiger partial charge in [-0.1, -0.05) is 24.3 Å².